The molecule has 3 rings (SSSR count). The van der Waals surface area contributed by atoms with Crippen LogP contribution in [0, 0.1) is 0 Å². The van der Waals surface area contributed by atoms with Gasteiger partial charge in [-0.2, -0.15) is 0 Å². The van der Waals surface area contributed by atoms with E-state index in [1.54, 1.807) is 0 Å². The molecule has 20 heavy (non-hydrogen) atoms. The van der Waals surface area contributed by atoms with Crippen LogP contribution in [0.3, 0.4) is 0 Å². The van der Waals surface area contributed by atoms with Gasteiger partial charge in [-0.3, -0.25) is 0 Å². The molecule has 0 fully saturated rings. The second-order valence-corrected chi connectivity index (χ2v) is 5.83. The molecule has 0 radical (unpaired) electrons. The Kier molecular flexibility index (Phi) is 3.92. The van der Waals surface area contributed by atoms with Crippen LogP contribution in [0.15, 0.2) is 41.0 Å². The molecule has 1 aliphatic rings. The van der Waals surface area contributed by atoms with Gasteiger partial charge in [-0.05, 0) is 39.5 Å². The van der Waals surface area contributed by atoms with Gasteiger partial charge in [-0.15, -0.1) is 0 Å². The summed E-state index contributed by atoms with van der Waals surface area (Å²) in [5, 5.41) is 0. The molecular formula is C16H17BrN2O. The number of hydrogen-bond acceptors (Lipinski definition) is 3. The van der Waals surface area contributed by atoms with Gasteiger partial charge in [-0.25, -0.2) is 4.98 Å². The molecule has 1 aromatic heterocycles. The van der Waals surface area contributed by atoms with Crippen molar-refractivity contribution in [2.75, 3.05) is 18.1 Å². The molecule has 3 nitrogen and oxygen atoms in total. The van der Waals surface area contributed by atoms with E-state index in [0.29, 0.717) is 6.61 Å². The Morgan fingerprint density at radius 2 is 2.00 bits per heavy atom. The maximum atomic E-state index is 5.67. The molecule has 2 heterocycles. The van der Waals surface area contributed by atoms with Crippen LogP contribution in [0.2, 0.25) is 0 Å². The second kappa shape index (κ2) is 5.83. The normalized spacial score (nSPS) is 13.8. The standard InChI is InChI=1S/C16H17BrN2O/c1-2-12-3-5-13(6-4-12)11-19-7-8-20-15-9-14(17)10-18-16(15)19/h3-6,9-10H,2,7-8,11H2,1H3. The number of aryl methyl sites for hydroxylation is 1. The molecule has 0 amide bonds. The van der Waals surface area contributed by atoms with Crippen LogP contribution in [0.4, 0.5) is 5.82 Å². The van der Waals surface area contributed by atoms with Crippen molar-refractivity contribution in [3.8, 4) is 5.75 Å². The average molecular weight is 333 g/mol. The lowest BCUT2D eigenvalue weighted by Gasteiger charge is -2.30. The van der Waals surface area contributed by atoms with Crippen molar-refractivity contribution < 1.29 is 4.74 Å². The lowest BCUT2D eigenvalue weighted by molar-refractivity contribution is 0.304. The number of aromatic nitrogens is 1. The predicted molar refractivity (Wildman–Crippen MR) is 84.3 cm³/mol. The van der Waals surface area contributed by atoms with Crippen molar-refractivity contribution in [2.45, 2.75) is 19.9 Å². The Hall–Kier alpha value is -1.55. The first-order valence-electron chi connectivity index (χ1n) is 6.87. The van der Waals surface area contributed by atoms with Crippen molar-refractivity contribution in [3.05, 3.63) is 52.1 Å². The molecule has 0 spiro atoms. The largest absolute Gasteiger partial charge is 0.488 e. The minimum atomic E-state index is 0.707. The molecule has 1 aliphatic heterocycles. The molecule has 0 aliphatic carbocycles. The number of nitrogens with zero attached hydrogens (tertiary/aromatic N) is 2. The van der Waals surface area contributed by atoms with E-state index in [1.807, 2.05) is 12.3 Å². The van der Waals surface area contributed by atoms with Crippen molar-refractivity contribution in [2.24, 2.45) is 0 Å². The maximum absolute atomic E-state index is 5.67. The number of pyridine rings is 1. The average Bonchev–Trinajstić information content (AvgIpc) is 2.48. The Labute approximate surface area is 127 Å². The van der Waals surface area contributed by atoms with E-state index in [4.69, 9.17) is 4.74 Å². The number of fused-ring (bicyclic) bond motifs is 1. The molecule has 2 aromatic rings. The third kappa shape index (κ3) is 2.80. The van der Waals surface area contributed by atoms with E-state index < -0.39 is 0 Å². The third-order valence-electron chi connectivity index (χ3n) is 3.52. The highest BCUT2D eigenvalue weighted by Crippen LogP contribution is 2.32. The third-order valence-corrected chi connectivity index (χ3v) is 3.96. The lowest BCUT2D eigenvalue weighted by Crippen LogP contribution is -2.33. The van der Waals surface area contributed by atoms with Gasteiger partial charge < -0.3 is 9.64 Å². The van der Waals surface area contributed by atoms with Crippen molar-refractivity contribution in [3.63, 3.8) is 0 Å². The number of ether oxygens (including phenoxy) is 1. The summed E-state index contributed by atoms with van der Waals surface area (Å²) >= 11 is 3.43. The summed E-state index contributed by atoms with van der Waals surface area (Å²) in [7, 11) is 0. The number of benzene rings is 1. The van der Waals surface area contributed by atoms with Crippen LogP contribution in [-0.4, -0.2) is 18.1 Å². The molecule has 104 valence electrons. The quantitative estimate of drug-likeness (QED) is 0.854. The first kappa shape index (κ1) is 13.4. The Morgan fingerprint density at radius 1 is 1.25 bits per heavy atom. The van der Waals surface area contributed by atoms with Gasteiger partial charge in [0.05, 0.1) is 6.54 Å². The monoisotopic (exact) mass is 332 g/mol. The van der Waals surface area contributed by atoms with Gasteiger partial charge in [0.25, 0.3) is 0 Å². The molecule has 0 N–H and O–H groups in total. The van der Waals surface area contributed by atoms with Crippen LogP contribution in [0.25, 0.3) is 0 Å². The van der Waals surface area contributed by atoms with Gasteiger partial charge in [0.15, 0.2) is 11.6 Å². The Balaban J connectivity index is 1.81. The zero-order valence-corrected chi connectivity index (χ0v) is 13.1. The molecule has 4 heteroatoms. The number of rotatable bonds is 3. The summed E-state index contributed by atoms with van der Waals surface area (Å²) in [6, 6.07) is 10.8. The van der Waals surface area contributed by atoms with Gasteiger partial charge in [0, 0.05) is 17.2 Å². The highest BCUT2D eigenvalue weighted by atomic mass is 79.9. The van der Waals surface area contributed by atoms with Crippen LogP contribution in [-0.2, 0) is 13.0 Å². The lowest BCUT2D eigenvalue weighted by atomic mass is 10.1. The molecule has 1 aromatic carbocycles. The summed E-state index contributed by atoms with van der Waals surface area (Å²) in [6.45, 7) is 4.62. The highest BCUT2D eigenvalue weighted by Gasteiger charge is 2.19. The van der Waals surface area contributed by atoms with E-state index in [9.17, 15) is 0 Å². The van der Waals surface area contributed by atoms with Gasteiger partial charge in [0.2, 0.25) is 0 Å². The van der Waals surface area contributed by atoms with E-state index in [1.165, 1.54) is 11.1 Å². The highest BCUT2D eigenvalue weighted by molar-refractivity contribution is 9.10. The van der Waals surface area contributed by atoms with Crippen molar-refractivity contribution in [1.29, 1.82) is 0 Å². The molecule has 0 saturated heterocycles. The van der Waals surface area contributed by atoms with E-state index >= 15 is 0 Å². The summed E-state index contributed by atoms with van der Waals surface area (Å²) in [5.41, 5.74) is 2.68. The second-order valence-electron chi connectivity index (χ2n) is 4.92. The zero-order chi connectivity index (χ0) is 13.9. The van der Waals surface area contributed by atoms with Crippen LogP contribution in [0.5, 0.6) is 5.75 Å². The number of anilines is 1. The Bertz CT molecular complexity index is 598. The maximum Gasteiger partial charge on any atom is 0.171 e. The Morgan fingerprint density at radius 3 is 2.75 bits per heavy atom. The van der Waals surface area contributed by atoms with E-state index in [0.717, 1.165) is 35.6 Å². The van der Waals surface area contributed by atoms with Crippen LogP contribution < -0.4 is 9.64 Å². The van der Waals surface area contributed by atoms with Crippen LogP contribution >= 0.6 is 15.9 Å². The topological polar surface area (TPSA) is 25.4 Å². The van der Waals surface area contributed by atoms with Crippen molar-refractivity contribution >= 4 is 21.7 Å². The fourth-order valence-electron chi connectivity index (χ4n) is 2.38. The molecule has 0 unspecified atom stereocenters. The summed E-state index contributed by atoms with van der Waals surface area (Å²) in [6.07, 6.45) is 2.90. The smallest absolute Gasteiger partial charge is 0.171 e. The fraction of sp³-hybridized carbons (Fsp3) is 0.312. The minimum absolute atomic E-state index is 0.707. The number of hydrogen-bond donors (Lipinski definition) is 0. The van der Waals surface area contributed by atoms with Crippen LogP contribution in [0.1, 0.15) is 18.1 Å². The van der Waals surface area contributed by atoms with Gasteiger partial charge in [0.1, 0.15) is 6.61 Å². The van der Waals surface area contributed by atoms with E-state index in [-0.39, 0.29) is 0 Å². The number of halogens is 1. The first-order chi connectivity index (χ1) is 9.76. The molecule has 0 saturated carbocycles. The van der Waals surface area contributed by atoms with E-state index in [2.05, 4.69) is 57.0 Å². The SMILES string of the molecule is CCc1ccc(CN2CCOc3cc(Br)cnc32)cc1. The summed E-state index contributed by atoms with van der Waals surface area (Å²) in [5.74, 6) is 1.79. The fourth-order valence-corrected chi connectivity index (χ4v) is 2.69. The van der Waals surface area contributed by atoms with Gasteiger partial charge >= 0.3 is 0 Å². The molecule has 0 bridgehead atoms. The minimum Gasteiger partial charge on any atom is -0.488 e. The zero-order valence-electron chi connectivity index (χ0n) is 11.5. The molecular weight excluding hydrogens is 316 g/mol. The summed E-state index contributed by atoms with van der Waals surface area (Å²) in [4.78, 5) is 6.75. The predicted octanol–water partition coefficient (Wildman–Crippen LogP) is 3.81. The van der Waals surface area contributed by atoms with Gasteiger partial charge in [-0.1, -0.05) is 31.2 Å². The van der Waals surface area contributed by atoms with Crippen molar-refractivity contribution in [1.82, 2.24) is 4.98 Å². The first-order valence-corrected chi connectivity index (χ1v) is 7.66. The summed E-state index contributed by atoms with van der Waals surface area (Å²) < 4.78 is 6.62. The molecule has 0 atom stereocenters.